The molecule has 2 aromatic rings. The van der Waals surface area contributed by atoms with Gasteiger partial charge >= 0.3 is 0 Å². The van der Waals surface area contributed by atoms with Gasteiger partial charge in [0.15, 0.2) is 0 Å². The van der Waals surface area contributed by atoms with Crippen LogP contribution in [0.4, 0.5) is 5.82 Å². The van der Waals surface area contributed by atoms with Crippen LogP contribution in [0.5, 0.6) is 5.75 Å². The molecule has 0 bridgehead atoms. The largest absolute Gasteiger partial charge is 0.496 e. The topological polar surface area (TPSA) is 37.4 Å². The van der Waals surface area contributed by atoms with Gasteiger partial charge in [-0.25, -0.2) is 4.98 Å². The van der Waals surface area contributed by atoms with Crippen molar-refractivity contribution < 1.29 is 4.74 Å². The van der Waals surface area contributed by atoms with Crippen LogP contribution in [0.3, 0.4) is 0 Å². The summed E-state index contributed by atoms with van der Waals surface area (Å²) in [6.45, 7) is 4.71. The van der Waals surface area contributed by atoms with Crippen molar-refractivity contribution >= 4 is 5.82 Å². The summed E-state index contributed by atoms with van der Waals surface area (Å²) >= 11 is 0. The second-order valence-electron chi connectivity index (χ2n) is 4.97. The Kier molecular flexibility index (Phi) is 5.58. The summed E-state index contributed by atoms with van der Waals surface area (Å²) in [7, 11) is 3.75. The van der Waals surface area contributed by atoms with E-state index in [0.29, 0.717) is 0 Å². The number of hydrogen-bond acceptors (Lipinski definition) is 4. The molecule has 0 saturated heterocycles. The highest BCUT2D eigenvalue weighted by molar-refractivity contribution is 5.43. The molecule has 0 aliphatic rings. The zero-order chi connectivity index (χ0) is 15.1. The van der Waals surface area contributed by atoms with E-state index in [1.807, 2.05) is 37.5 Å². The second kappa shape index (κ2) is 7.64. The summed E-state index contributed by atoms with van der Waals surface area (Å²) < 4.78 is 5.40. The monoisotopic (exact) mass is 285 g/mol. The lowest BCUT2D eigenvalue weighted by atomic mass is 10.2. The predicted octanol–water partition coefficient (Wildman–Crippen LogP) is 2.84. The molecule has 0 aliphatic carbocycles. The summed E-state index contributed by atoms with van der Waals surface area (Å²) in [5.74, 6) is 1.88. The van der Waals surface area contributed by atoms with Gasteiger partial charge in [-0.1, -0.05) is 25.1 Å². The molecule has 0 spiro atoms. The molecule has 1 heterocycles. The Labute approximate surface area is 126 Å². The number of aromatic nitrogens is 1. The third kappa shape index (κ3) is 4.20. The van der Waals surface area contributed by atoms with E-state index < -0.39 is 0 Å². The van der Waals surface area contributed by atoms with E-state index in [0.717, 1.165) is 36.8 Å². The lowest BCUT2D eigenvalue weighted by Gasteiger charge is -2.20. The molecule has 4 heteroatoms. The zero-order valence-corrected chi connectivity index (χ0v) is 13.0. The molecule has 0 saturated carbocycles. The van der Waals surface area contributed by atoms with Gasteiger partial charge < -0.3 is 15.0 Å². The Hall–Kier alpha value is -2.07. The van der Waals surface area contributed by atoms with Crippen LogP contribution in [-0.2, 0) is 13.1 Å². The fourth-order valence-corrected chi connectivity index (χ4v) is 2.22. The van der Waals surface area contributed by atoms with Crippen LogP contribution in [0.1, 0.15) is 18.1 Å². The first-order chi connectivity index (χ1) is 10.2. The standard InChI is InChI=1S/C17H23N3O/c1-4-18-12-14-9-10-19-17(11-14)20(2)13-15-7-5-6-8-16(15)21-3/h5-11,18H,4,12-13H2,1-3H3. The van der Waals surface area contributed by atoms with E-state index >= 15 is 0 Å². The van der Waals surface area contributed by atoms with Crippen molar-refractivity contribution in [1.82, 2.24) is 10.3 Å². The highest BCUT2D eigenvalue weighted by atomic mass is 16.5. The zero-order valence-electron chi connectivity index (χ0n) is 13.0. The van der Waals surface area contributed by atoms with E-state index in [1.54, 1.807) is 7.11 Å². The number of pyridine rings is 1. The Balaban J connectivity index is 2.10. The average molecular weight is 285 g/mol. The average Bonchev–Trinajstić information content (AvgIpc) is 2.53. The maximum absolute atomic E-state index is 5.40. The third-order valence-electron chi connectivity index (χ3n) is 3.38. The molecule has 0 fully saturated rings. The lowest BCUT2D eigenvalue weighted by Crippen LogP contribution is -2.19. The van der Waals surface area contributed by atoms with E-state index in [1.165, 1.54) is 5.56 Å². The summed E-state index contributed by atoms with van der Waals surface area (Å²) in [6, 6.07) is 12.2. The molecule has 2 rings (SSSR count). The molecule has 0 unspecified atom stereocenters. The number of benzene rings is 1. The van der Waals surface area contributed by atoms with E-state index in [2.05, 4.69) is 34.3 Å². The maximum atomic E-state index is 5.40. The van der Waals surface area contributed by atoms with E-state index in [4.69, 9.17) is 4.74 Å². The van der Waals surface area contributed by atoms with Crippen molar-refractivity contribution in [3.05, 3.63) is 53.7 Å². The van der Waals surface area contributed by atoms with Crippen molar-refractivity contribution in [2.24, 2.45) is 0 Å². The fourth-order valence-electron chi connectivity index (χ4n) is 2.22. The molecule has 0 aliphatic heterocycles. The first-order valence-electron chi connectivity index (χ1n) is 7.23. The summed E-state index contributed by atoms with van der Waals surface area (Å²) in [5.41, 5.74) is 2.40. The molecule has 1 N–H and O–H groups in total. The van der Waals surface area contributed by atoms with Crippen LogP contribution in [0, 0.1) is 0 Å². The van der Waals surface area contributed by atoms with Gasteiger partial charge in [-0.05, 0) is 30.3 Å². The number of anilines is 1. The highest BCUT2D eigenvalue weighted by Gasteiger charge is 2.08. The molecule has 1 aromatic carbocycles. The molecular formula is C17H23N3O. The summed E-state index contributed by atoms with van der Waals surface area (Å²) in [5, 5.41) is 3.33. The van der Waals surface area contributed by atoms with Crippen LogP contribution >= 0.6 is 0 Å². The number of ether oxygens (including phenoxy) is 1. The smallest absolute Gasteiger partial charge is 0.128 e. The minimum atomic E-state index is 0.766. The normalized spacial score (nSPS) is 10.4. The molecule has 0 atom stereocenters. The number of methoxy groups -OCH3 is 1. The number of nitrogens with one attached hydrogen (secondary N) is 1. The van der Waals surface area contributed by atoms with E-state index in [-0.39, 0.29) is 0 Å². The van der Waals surface area contributed by atoms with Gasteiger partial charge in [-0.2, -0.15) is 0 Å². The fraction of sp³-hybridized carbons (Fsp3) is 0.353. The molecule has 0 amide bonds. The van der Waals surface area contributed by atoms with Crippen molar-refractivity contribution in [2.75, 3.05) is 25.6 Å². The minimum absolute atomic E-state index is 0.766. The first kappa shape index (κ1) is 15.3. The van der Waals surface area contributed by atoms with Crippen LogP contribution < -0.4 is 15.0 Å². The molecule has 0 radical (unpaired) electrons. The molecule has 4 nitrogen and oxygen atoms in total. The third-order valence-corrected chi connectivity index (χ3v) is 3.38. The second-order valence-corrected chi connectivity index (χ2v) is 4.97. The summed E-state index contributed by atoms with van der Waals surface area (Å²) in [4.78, 5) is 6.59. The lowest BCUT2D eigenvalue weighted by molar-refractivity contribution is 0.409. The number of nitrogens with zero attached hydrogens (tertiary/aromatic N) is 2. The Morgan fingerprint density at radius 1 is 1.24 bits per heavy atom. The van der Waals surface area contributed by atoms with Crippen molar-refractivity contribution in [3.63, 3.8) is 0 Å². The molecule has 112 valence electrons. The number of para-hydroxylation sites is 1. The van der Waals surface area contributed by atoms with Gasteiger partial charge in [0.25, 0.3) is 0 Å². The van der Waals surface area contributed by atoms with Crippen LogP contribution in [0.2, 0.25) is 0 Å². The quantitative estimate of drug-likeness (QED) is 0.849. The van der Waals surface area contributed by atoms with E-state index in [9.17, 15) is 0 Å². The van der Waals surface area contributed by atoms with Gasteiger partial charge in [0.2, 0.25) is 0 Å². The van der Waals surface area contributed by atoms with Crippen molar-refractivity contribution in [1.29, 1.82) is 0 Å². The Bertz CT molecular complexity index is 571. The van der Waals surface area contributed by atoms with Gasteiger partial charge in [0.1, 0.15) is 11.6 Å². The van der Waals surface area contributed by atoms with Crippen molar-refractivity contribution in [3.8, 4) is 5.75 Å². The van der Waals surface area contributed by atoms with Crippen molar-refractivity contribution in [2.45, 2.75) is 20.0 Å². The molecule has 1 aromatic heterocycles. The number of hydrogen-bond donors (Lipinski definition) is 1. The van der Waals surface area contributed by atoms with Crippen LogP contribution in [-0.4, -0.2) is 25.7 Å². The van der Waals surface area contributed by atoms with Gasteiger partial charge in [-0.15, -0.1) is 0 Å². The van der Waals surface area contributed by atoms with Crippen LogP contribution in [0.25, 0.3) is 0 Å². The minimum Gasteiger partial charge on any atom is -0.496 e. The highest BCUT2D eigenvalue weighted by Crippen LogP contribution is 2.21. The van der Waals surface area contributed by atoms with Gasteiger partial charge in [-0.3, -0.25) is 0 Å². The first-order valence-corrected chi connectivity index (χ1v) is 7.23. The maximum Gasteiger partial charge on any atom is 0.128 e. The number of rotatable bonds is 7. The van der Waals surface area contributed by atoms with Gasteiger partial charge in [0.05, 0.1) is 7.11 Å². The molecule has 21 heavy (non-hydrogen) atoms. The predicted molar refractivity (Wildman–Crippen MR) is 86.7 cm³/mol. The van der Waals surface area contributed by atoms with Gasteiger partial charge in [0, 0.05) is 31.9 Å². The SMILES string of the molecule is CCNCc1ccnc(N(C)Cc2ccccc2OC)c1. The Morgan fingerprint density at radius 3 is 2.81 bits per heavy atom. The molecular weight excluding hydrogens is 262 g/mol. The Morgan fingerprint density at radius 2 is 2.05 bits per heavy atom. The van der Waals surface area contributed by atoms with Crippen LogP contribution in [0.15, 0.2) is 42.6 Å². The summed E-state index contributed by atoms with van der Waals surface area (Å²) in [6.07, 6.45) is 1.86.